The van der Waals surface area contributed by atoms with Crippen LogP contribution in [0.1, 0.15) is 154 Å². The van der Waals surface area contributed by atoms with Crippen LogP contribution in [0.2, 0.25) is 54.4 Å². The Bertz CT molecular complexity index is 1180. The summed E-state index contributed by atoms with van der Waals surface area (Å²) in [6.07, 6.45) is 17.6. The molecule has 0 radical (unpaired) electrons. The summed E-state index contributed by atoms with van der Waals surface area (Å²) in [5, 5.41) is 0.317. The maximum atomic E-state index is 7.13. The van der Waals surface area contributed by atoms with Crippen molar-refractivity contribution < 1.29 is 13.3 Å². The summed E-state index contributed by atoms with van der Waals surface area (Å²) in [5.74, 6) is 2.31. The molecule has 0 aliphatic heterocycles. The number of rotatable bonds is 15. The van der Waals surface area contributed by atoms with Gasteiger partial charge in [-0.1, -0.05) is 119 Å². The van der Waals surface area contributed by atoms with Crippen LogP contribution in [0.15, 0.2) is 35.5 Å². The zero-order valence-electron chi connectivity index (χ0n) is 37.2. The Balaban J connectivity index is 1.78. The van der Waals surface area contributed by atoms with Gasteiger partial charge >= 0.3 is 0 Å². The first-order valence-corrected chi connectivity index (χ1v) is 29.7. The fraction of sp³-hybridized carbons (Fsp3) is 0.867. The third-order valence-corrected chi connectivity index (χ3v) is 29.2. The fourth-order valence-corrected chi connectivity index (χ4v) is 15.4. The lowest BCUT2D eigenvalue weighted by Crippen LogP contribution is -2.49. The monoisotopic (exact) mass is 759 g/mol. The van der Waals surface area contributed by atoms with Gasteiger partial charge in [0.25, 0.3) is 0 Å². The van der Waals surface area contributed by atoms with Crippen molar-refractivity contribution in [1.29, 1.82) is 0 Å². The van der Waals surface area contributed by atoms with E-state index in [-0.39, 0.29) is 27.9 Å². The molecule has 3 fully saturated rings. The number of hydrogen-bond donors (Lipinski definition) is 0. The molecule has 0 saturated heterocycles. The lowest BCUT2D eigenvalue weighted by atomic mass is 9.60. The molecule has 2 unspecified atom stereocenters. The highest BCUT2D eigenvalue weighted by Crippen LogP contribution is 2.60. The highest BCUT2D eigenvalue weighted by atomic mass is 28.4. The predicted molar refractivity (Wildman–Crippen MR) is 232 cm³/mol. The Morgan fingerprint density at radius 3 is 1.80 bits per heavy atom. The predicted octanol–water partition coefficient (Wildman–Crippen LogP) is 14.8. The summed E-state index contributed by atoms with van der Waals surface area (Å²) in [7, 11) is -5.55. The lowest BCUT2D eigenvalue weighted by Gasteiger charge is -2.46. The minimum Gasteiger partial charge on any atom is -0.412 e. The lowest BCUT2D eigenvalue weighted by molar-refractivity contribution is 0.0704. The van der Waals surface area contributed by atoms with E-state index in [2.05, 4.69) is 135 Å². The Labute approximate surface area is 322 Å². The van der Waals surface area contributed by atoms with Crippen LogP contribution in [0.25, 0.3) is 0 Å². The van der Waals surface area contributed by atoms with Gasteiger partial charge in [-0.15, -0.1) is 0 Å². The molecule has 0 amide bonds. The van der Waals surface area contributed by atoms with Gasteiger partial charge in [-0.3, -0.25) is 0 Å². The fourth-order valence-electron chi connectivity index (χ4n) is 9.56. The van der Waals surface area contributed by atoms with Crippen LogP contribution >= 0.6 is 0 Å². The Morgan fingerprint density at radius 2 is 1.33 bits per heavy atom. The Kier molecular flexibility index (Phi) is 14.9. The third-order valence-electron chi connectivity index (χ3n) is 15.3. The molecule has 6 atom stereocenters. The minimum absolute atomic E-state index is 0.000714. The van der Waals surface area contributed by atoms with Crippen LogP contribution in [0.3, 0.4) is 0 Å². The molecule has 296 valence electrons. The average molecular weight is 759 g/mol. The third kappa shape index (κ3) is 10.7. The molecule has 0 bridgehead atoms. The summed E-state index contributed by atoms with van der Waals surface area (Å²) >= 11 is 0. The Hall–Kier alpha value is -0.249. The van der Waals surface area contributed by atoms with Gasteiger partial charge < -0.3 is 13.3 Å². The maximum absolute atomic E-state index is 7.13. The van der Waals surface area contributed by atoms with E-state index in [1.807, 2.05) is 0 Å². The zero-order chi connectivity index (χ0) is 38.8. The van der Waals surface area contributed by atoms with Gasteiger partial charge in [0.2, 0.25) is 0 Å². The van der Waals surface area contributed by atoms with Gasteiger partial charge in [-0.25, -0.2) is 0 Å². The largest absolute Gasteiger partial charge is 0.412 e. The van der Waals surface area contributed by atoms with Crippen LogP contribution in [0.4, 0.5) is 0 Å². The van der Waals surface area contributed by atoms with Gasteiger partial charge in [-0.05, 0) is 148 Å². The van der Waals surface area contributed by atoms with Crippen LogP contribution in [-0.4, -0.2) is 42.8 Å². The van der Waals surface area contributed by atoms with E-state index in [1.165, 1.54) is 80.6 Å². The second kappa shape index (κ2) is 16.9. The van der Waals surface area contributed by atoms with Crippen molar-refractivity contribution >= 4 is 25.0 Å². The van der Waals surface area contributed by atoms with Crippen molar-refractivity contribution in [2.45, 2.75) is 226 Å². The molecule has 6 heteroatoms. The van der Waals surface area contributed by atoms with Crippen molar-refractivity contribution in [2.24, 2.45) is 23.2 Å². The summed E-state index contributed by atoms with van der Waals surface area (Å²) in [6, 6.07) is 3.71. The van der Waals surface area contributed by atoms with E-state index < -0.39 is 25.0 Å². The number of allylic oxidation sites excluding steroid dienone is 3. The molecule has 0 spiro atoms. The maximum Gasteiger partial charge on any atom is 0.192 e. The number of hydrogen-bond acceptors (Lipinski definition) is 3. The molecule has 51 heavy (non-hydrogen) atoms. The summed E-state index contributed by atoms with van der Waals surface area (Å²) in [5.41, 5.74) is 4.80. The molecule has 3 aliphatic carbocycles. The summed E-state index contributed by atoms with van der Waals surface area (Å²) < 4.78 is 21.3. The van der Waals surface area contributed by atoms with Gasteiger partial charge in [0, 0.05) is 0 Å². The van der Waals surface area contributed by atoms with E-state index in [1.54, 1.807) is 5.57 Å². The molecule has 3 aliphatic rings. The molecule has 3 nitrogen and oxygen atoms in total. The summed E-state index contributed by atoms with van der Waals surface area (Å²) in [6.45, 7) is 45.3. The molecule has 0 N–H and O–H groups in total. The number of fused-ring (bicyclic) bond motifs is 1. The van der Waals surface area contributed by atoms with E-state index in [9.17, 15) is 0 Å². The van der Waals surface area contributed by atoms with Crippen LogP contribution in [0, 0.1) is 23.2 Å². The highest BCUT2D eigenvalue weighted by Gasteiger charge is 2.51. The van der Waals surface area contributed by atoms with Crippen molar-refractivity contribution in [3.8, 4) is 0 Å². The molecule has 0 heterocycles. The first-order chi connectivity index (χ1) is 23.3. The Morgan fingerprint density at radius 1 is 0.824 bits per heavy atom. The molecule has 0 aromatic rings. The van der Waals surface area contributed by atoms with E-state index in [0.29, 0.717) is 5.41 Å². The first kappa shape index (κ1) is 45.1. The highest BCUT2D eigenvalue weighted by molar-refractivity contribution is 6.74. The SMILES string of the molecule is C=C1[C@H](O[Si](C)(C)C(C)(C)C)CC(=C/C=C2\CCC[C@@]3(C)C2CCC3[C@H](C)CCCC(C)(C)O[Si](CC)(CC)CC)C[C@H]1O[Si](C)(C)C(C)(C)C. The summed E-state index contributed by atoms with van der Waals surface area (Å²) in [4.78, 5) is 0. The van der Waals surface area contributed by atoms with Crippen molar-refractivity contribution in [1.82, 2.24) is 0 Å². The molecule has 3 saturated carbocycles. The van der Waals surface area contributed by atoms with E-state index in [4.69, 9.17) is 13.3 Å². The molecule has 0 aromatic carbocycles. The molecular formula is C45H86O3Si3. The van der Waals surface area contributed by atoms with Gasteiger partial charge in [0.15, 0.2) is 25.0 Å². The second-order valence-electron chi connectivity index (χ2n) is 21.4. The average Bonchev–Trinajstić information content (AvgIpc) is 3.37. The zero-order valence-corrected chi connectivity index (χ0v) is 40.2. The van der Waals surface area contributed by atoms with E-state index in [0.717, 1.165) is 30.6 Å². The van der Waals surface area contributed by atoms with Crippen molar-refractivity contribution in [3.05, 3.63) is 35.5 Å². The second-order valence-corrected chi connectivity index (χ2v) is 35.6. The molecule has 0 aromatic heterocycles. The standard InChI is InChI=1S/C45H86O3Si3/c1-19-51(20-2,21-3)48-44(12,13)30-22-24-34(4)38-28-29-39-37(25-23-31-45(38,39)14)27-26-36-32-40(46-49(15,16)42(6,7)8)35(5)41(33-36)47-50(17,18)43(9,10)11/h26-27,34,38-41H,5,19-25,28-33H2,1-4,6-18H3/b37-27+/t34-,38?,39?,40-,41-,45-/m1/s1. The van der Waals surface area contributed by atoms with Gasteiger partial charge in [-0.2, -0.15) is 0 Å². The minimum atomic E-state index is -1.98. The first-order valence-electron chi connectivity index (χ1n) is 21.4. The van der Waals surface area contributed by atoms with Crippen LogP contribution in [0.5, 0.6) is 0 Å². The van der Waals surface area contributed by atoms with Crippen molar-refractivity contribution in [3.63, 3.8) is 0 Å². The van der Waals surface area contributed by atoms with Crippen LogP contribution in [-0.2, 0) is 13.3 Å². The van der Waals surface area contributed by atoms with Crippen molar-refractivity contribution in [2.75, 3.05) is 0 Å². The normalized spacial score (nSPS) is 28.7. The topological polar surface area (TPSA) is 27.7 Å². The van der Waals surface area contributed by atoms with E-state index >= 15 is 0 Å². The smallest absolute Gasteiger partial charge is 0.192 e. The van der Waals surface area contributed by atoms with Gasteiger partial charge in [0.05, 0.1) is 17.8 Å². The van der Waals surface area contributed by atoms with Gasteiger partial charge in [0.1, 0.15) is 0 Å². The van der Waals surface area contributed by atoms with Crippen LogP contribution < -0.4 is 0 Å². The molecular weight excluding hydrogens is 673 g/mol. The quantitative estimate of drug-likeness (QED) is 0.123. The molecule has 3 rings (SSSR count).